The predicted molar refractivity (Wildman–Crippen MR) is 113 cm³/mol. The lowest BCUT2D eigenvalue weighted by molar-refractivity contribution is -0.130. The number of aliphatic carboxylic acids is 1. The lowest BCUT2D eigenvalue weighted by Gasteiger charge is -2.12. The molecule has 0 saturated heterocycles. The highest BCUT2D eigenvalue weighted by Gasteiger charge is 2.16. The predicted octanol–water partition coefficient (Wildman–Crippen LogP) is 6.55. The quantitative estimate of drug-likeness (QED) is 0.175. The summed E-state index contributed by atoms with van der Waals surface area (Å²) in [5.74, 6) is -0.610. The molecule has 27 heavy (non-hydrogen) atoms. The van der Waals surface area contributed by atoms with Gasteiger partial charge in [0.05, 0.1) is 6.61 Å². The highest BCUT2D eigenvalue weighted by Crippen LogP contribution is 2.22. The molecule has 0 saturated carbocycles. The molecule has 3 heteroatoms. The molecule has 0 heterocycles. The topological polar surface area (TPSA) is 46.5 Å². The zero-order valence-electron chi connectivity index (χ0n) is 16.4. The Bertz CT molecular complexity index is 639. The van der Waals surface area contributed by atoms with E-state index in [0.29, 0.717) is 17.9 Å². The third-order valence-corrected chi connectivity index (χ3v) is 4.13. The summed E-state index contributed by atoms with van der Waals surface area (Å²) >= 11 is 0. The van der Waals surface area contributed by atoms with Crippen LogP contribution in [-0.2, 0) is 9.53 Å². The molecule has 0 amide bonds. The second-order valence-electron chi connectivity index (χ2n) is 6.36. The number of ether oxygens (including phenoxy) is 1. The lowest BCUT2D eigenvalue weighted by atomic mass is 10.0. The second-order valence-corrected chi connectivity index (χ2v) is 6.36. The van der Waals surface area contributed by atoms with Crippen molar-refractivity contribution in [1.29, 1.82) is 0 Å². The van der Waals surface area contributed by atoms with Crippen LogP contribution >= 0.6 is 0 Å². The molecule has 1 aromatic rings. The second kappa shape index (κ2) is 14.6. The Balaban J connectivity index is 2.79. The average molecular weight is 369 g/mol. The Morgan fingerprint density at radius 1 is 1.00 bits per heavy atom. The molecule has 1 aromatic carbocycles. The maximum absolute atomic E-state index is 11.9. The number of carboxylic acids is 1. The molecule has 0 aliphatic carbocycles. The van der Waals surface area contributed by atoms with Crippen molar-refractivity contribution >= 4 is 11.5 Å². The van der Waals surface area contributed by atoms with E-state index < -0.39 is 5.97 Å². The van der Waals surface area contributed by atoms with E-state index in [9.17, 15) is 9.90 Å². The van der Waals surface area contributed by atoms with Gasteiger partial charge in [-0.15, -0.1) is 0 Å². The van der Waals surface area contributed by atoms with Gasteiger partial charge in [-0.1, -0.05) is 107 Å². The Morgan fingerprint density at radius 2 is 1.67 bits per heavy atom. The number of allylic oxidation sites excluding steroid dienone is 5. The Hall–Kier alpha value is -2.55. The van der Waals surface area contributed by atoms with Gasteiger partial charge >= 0.3 is 5.97 Å². The minimum Gasteiger partial charge on any atom is -0.493 e. The van der Waals surface area contributed by atoms with Crippen molar-refractivity contribution in [3.8, 4) is 0 Å². The molecule has 146 valence electrons. The Kier molecular flexibility index (Phi) is 12.2. The molecular formula is C24H32O3. The van der Waals surface area contributed by atoms with Crippen LogP contribution in [-0.4, -0.2) is 17.7 Å². The first kappa shape index (κ1) is 22.5. The molecule has 1 N–H and O–H groups in total. The highest BCUT2D eigenvalue weighted by molar-refractivity contribution is 6.16. The first-order valence-corrected chi connectivity index (χ1v) is 9.82. The number of carboxylic acid groups (broad SMARTS) is 1. The summed E-state index contributed by atoms with van der Waals surface area (Å²) in [5.41, 5.74) is 0.818. The van der Waals surface area contributed by atoms with E-state index in [-0.39, 0.29) is 5.57 Å². The van der Waals surface area contributed by atoms with E-state index in [2.05, 4.69) is 13.5 Å². The molecule has 0 aliphatic heterocycles. The van der Waals surface area contributed by atoms with Crippen molar-refractivity contribution in [3.05, 3.63) is 78.6 Å². The Labute approximate surface area is 163 Å². The van der Waals surface area contributed by atoms with E-state index in [1.807, 2.05) is 18.2 Å². The van der Waals surface area contributed by atoms with Crippen molar-refractivity contribution in [2.75, 3.05) is 6.61 Å². The van der Waals surface area contributed by atoms with E-state index in [4.69, 9.17) is 4.74 Å². The van der Waals surface area contributed by atoms with Gasteiger partial charge in [0.1, 0.15) is 11.3 Å². The summed E-state index contributed by atoms with van der Waals surface area (Å²) in [5, 5.41) is 9.72. The highest BCUT2D eigenvalue weighted by atomic mass is 16.5. The number of carbonyl (C=O) groups is 1. The fraction of sp³-hybridized carbons (Fsp3) is 0.375. The molecule has 3 nitrogen and oxygen atoms in total. The van der Waals surface area contributed by atoms with Gasteiger partial charge in [0.25, 0.3) is 0 Å². The molecule has 0 fully saturated rings. The fourth-order valence-electron chi connectivity index (χ4n) is 2.71. The summed E-state index contributed by atoms with van der Waals surface area (Å²) in [7, 11) is 0. The van der Waals surface area contributed by atoms with Crippen LogP contribution in [0.3, 0.4) is 0 Å². The van der Waals surface area contributed by atoms with Crippen LogP contribution in [0, 0.1) is 0 Å². The van der Waals surface area contributed by atoms with Gasteiger partial charge in [-0.2, -0.15) is 0 Å². The molecule has 0 aromatic heterocycles. The lowest BCUT2D eigenvalue weighted by Crippen LogP contribution is -2.06. The maximum Gasteiger partial charge on any atom is 0.340 e. The molecule has 1 rings (SSSR count). The monoisotopic (exact) mass is 368 g/mol. The van der Waals surface area contributed by atoms with Crippen LogP contribution in [0.2, 0.25) is 0 Å². The normalized spacial score (nSPS) is 12.3. The number of rotatable bonds is 14. The van der Waals surface area contributed by atoms with E-state index in [1.165, 1.54) is 32.1 Å². The van der Waals surface area contributed by atoms with Gasteiger partial charge in [-0.05, 0) is 18.1 Å². The summed E-state index contributed by atoms with van der Waals surface area (Å²) in [6.45, 7) is 6.36. The van der Waals surface area contributed by atoms with Crippen LogP contribution in [0.5, 0.6) is 0 Å². The van der Waals surface area contributed by atoms with Gasteiger partial charge < -0.3 is 9.84 Å². The van der Waals surface area contributed by atoms with Gasteiger partial charge in [0, 0.05) is 0 Å². The standard InChI is InChI=1S/C24H32O3/c1-3-5-7-9-10-11-16-20-27-22(19-15-8-6-4-2)23(24(25)26)21-17-13-12-14-18-21/h4,6,8,12-15,17-19H,2-3,5,7,9-11,16,20H2,1H3,(H,25,26). The molecule has 0 atom stereocenters. The maximum atomic E-state index is 11.9. The summed E-state index contributed by atoms with van der Waals surface area (Å²) in [6, 6.07) is 9.09. The van der Waals surface area contributed by atoms with Crippen molar-refractivity contribution in [3.63, 3.8) is 0 Å². The number of benzene rings is 1. The number of hydrogen-bond donors (Lipinski definition) is 1. The van der Waals surface area contributed by atoms with Crippen molar-refractivity contribution in [2.45, 2.75) is 51.9 Å². The molecule has 0 radical (unpaired) electrons. The largest absolute Gasteiger partial charge is 0.493 e. The van der Waals surface area contributed by atoms with Gasteiger partial charge in [-0.3, -0.25) is 0 Å². The summed E-state index contributed by atoms with van der Waals surface area (Å²) < 4.78 is 5.88. The van der Waals surface area contributed by atoms with Gasteiger partial charge in [0.2, 0.25) is 0 Å². The fourth-order valence-corrected chi connectivity index (χ4v) is 2.71. The van der Waals surface area contributed by atoms with Crippen LogP contribution in [0.4, 0.5) is 0 Å². The van der Waals surface area contributed by atoms with Gasteiger partial charge in [0.15, 0.2) is 0 Å². The summed E-state index contributed by atoms with van der Waals surface area (Å²) in [6.07, 6.45) is 17.1. The zero-order chi connectivity index (χ0) is 19.7. The zero-order valence-corrected chi connectivity index (χ0v) is 16.4. The molecule has 0 unspecified atom stereocenters. The van der Waals surface area contributed by atoms with Crippen molar-refractivity contribution < 1.29 is 14.6 Å². The van der Waals surface area contributed by atoms with E-state index >= 15 is 0 Å². The first-order chi connectivity index (χ1) is 13.2. The minimum absolute atomic E-state index is 0.182. The van der Waals surface area contributed by atoms with E-state index in [0.717, 1.165) is 12.8 Å². The molecule has 0 bridgehead atoms. The van der Waals surface area contributed by atoms with Gasteiger partial charge in [-0.25, -0.2) is 4.79 Å². The minimum atomic E-state index is -0.992. The van der Waals surface area contributed by atoms with Crippen LogP contribution in [0.15, 0.2) is 73.1 Å². The first-order valence-electron chi connectivity index (χ1n) is 9.82. The number of unbranched alkanes of at least 4 members (excludes halogenated alkanes) is 6. The van der Waals surface area contributed by atoms with Crippen LogP contribution < -0.4 is 0 Å². The average Bonchev–Trinajstić information content (AvgIpc) is 2.67. The SMILES string of the molecule is C=CC=CC=CC(OCCCCCCCCC)=C(C(=O)O)c1ccccc1. The smallest absolute Gasteiger partial charge is 0.340 e. The molecule has 0 spiro atoms. The van der Waals surface area contributed by atoms with Crippen LogP contribution in [0.25, 0.3) is 5.57 Å². The van der Waals surface area contributed by atoms with Crippen molar-refractivity contribution in [1.82, 2.24) is 0 Å². The molecular weight excluding hydrogens is 336 g/mol. The number of hydrogen-bond acceptors (Lipinski definition) is 2. The van der Waals surface area contributed by atoms with Crippen LogP contribution in [0.1, 0.15) is 57.4 Å². The molecule has 0 aliphatic rings. The van der Waals surface area contributed by atoms with Crippen molar-refractivity contribution in [2.24, 2.45) is 0 Å². The van der Waals surface area contributed by atoms with E-state index in [1.54, 1.807) is 42.5 Å². The summed E-state index contributed by atoms with van der Waals surface area (Å²) in [4.78, 5) is 11.9. The Morgan fingerprint density at radius 3 is 2.30 bits per heavy atom. The third kappa shape index (κ3) is 9.64. The third-order valence-electron chi connectivity index (χ3n) is 4.13.